The summed E-state index contributed by atoms with van der Waals surface area (Å²) < 4.78 is 37.6. The number of carbonyl (C=O) groups excluding carboxylic acids is 1. The normalized spacial score (nSPS) is 10.9. The second-order valence-electron chi connectivity index (χ2n) is 1.50. The van der Waals surface area contributed by atoms with Gasteiger partial charge >= 0.3 is 12.3 Å². The third kappa shape index (κ3) is 6.91. The fourth-order valence-corrected chi connectivity index (χ4v) is 0.260. The number of rotatable bonds is 2. The van der Waals surface area contributed by atoms with Crippen LogP contribution in [0, 0.1) is 0 Å². The van der Waals surface area contributed by atoms with Crippen molar-refractivity contribution in [2.24, 2.45) is 0 Å². The molecule has 0 aromatic carbocycles. The van der Waals surface area contributed by atoms with Crippen molar-refractivity contribution in [3.63, 3.8) is 0 Å². The molecule has 0 aliphatic carbocycles. The SMILES string of the molecule is CONC(=O)OCC(F)(F)F. The number of carbonyl (C=O) groups is 1. The zero-order valence-corrected chi connectivity index (χ0v) is 5.57. The van der Waals surface area contributed by atoms with Gasteiger partial charge in [0.05, 0.1) is 7.11 Å². The number of amides is 1. The van der Waals surface area contributed by atoms with Crippen LogP contribution in [0.2, 0.25) is 0 Å². The van der Waals surface area contributed by atoms with Crippen molar-refractivity contribution < 1.29 is 27.5 Å². The standard InChI is InChI=1S/C4H6F3NO3/c1-10-8-3(9)11-2-4(5,6)7/h2H2,1H3,(H,8,9). The summed E-state index contributed by atoms with van der Waals surface area (Å²) >= 11 is 0. The highest BCUT2D eigenvalue weighted by molar-refractivity contribution is 5.65. The predicted molar refractivity (Wildman–Crippen MR) is 27.5 cm³/mol. The van der Waals surface area contributed by atoms with E-state index >= 15 is 0 Å². The molecule has 1 amide bonds. The molecule has 0 unspecified atom stereocenters. The van der Waals surface area contributed by atoms with Crippen molar-refractivity contribution in [1.82, 2.24) is 5.48 Å². The zero-order valence-electron chi connectivity index (χ0n) is 5.57. The average Bonchev–Trinajstić information content (AvgIpc) is 1.83. The molecule has 0 atom stereocenters. The summed E-state index contributed by atoms with van der Waals surface area (Å²) in [5.41, 5.74) is 1.56. The van der Waals surface area contributed by atoms with E-state index in [0.717, 1.165) is 7.11 Å². The summed E-state index contributed by atoms with van der Waals surface area (Å²) in [5.74, 6) is 0. The van der Waals surface area contributed by atoms with Gasteiger partial charge < -0.3 is 4.74 Å². The van der Waals surface area contributed by atoms with Crippen LogP contribution >= 0.6 is 0 Å². The number of alkyl halides is 3. The van der Waals surface area contributed by atoms with E-state index in [-0.39, 0.29) is 0 Å². The summed E-state index contributed by atoms with van der Waals surface area (Å²) in [6.07, 6.45) is -5.78. The zero-order chi connectivity index (χ0) is 8.91. The molecule has 1 N–H and O–H groups in total. The Labute approximate surface area is 60.2 Å². The van der Waals surface area contributed by atoms with Crippen molar-refractivity contribution in [3.05, 3.63) is 0 Å². The topological polar surface area (TPSA) is 47.6 Å². The molecule has 0 aliphatic rings. The minimum absolute atomic E-state index is 1.08. The fourth-order valence-electron chi connectivity index (χ4n) is 0.260. The highest BCUT2D eigenvalue weighted by Gasteiger charge is 2.29. The fraction of sp³-hybridized carbons (Fsp3) is 0.750. The second-order valence-corrected chi connectivity index (χ2v) is 1.50. The van der Waals surface area contributed by atoms with Gasteiger partial charge in [-0.15, -0.1) is 0 Å². The Hall–Kier alpha value is -0.980. The van der Waals surface area contributed by atoms with Crippen LogP contribution in [-0.4, -0.2) is 26.0 Å². The van der Waals surface area contributed by atoms with Crippen LogP contribution in [0.15, 0.2) is 0 Å². The van der Waals surface area contributed by atoms with Crippen molar-refractivity contribution >= 4 is 6.09 Å². The van der Waals surface area contributed by atoms with Crippen LogP contribution in [-0.2, 0) is 9.57 Å². The van der Waals surface area contributed by atoms with E-state index in [1.807, 2.05) is 0 Å². The molecule has 0 rings (SSSR count). The number of hydroxylamine groups is 1. The Balaban J connectivity index is 3.46. The maximum Gasteiger partial charge on any atom is 0.431 e. The molecule has 0 saturated heterocycles. The molecule has 0 heterocycles. The van der Waals surface area contributed by atoms with Crippen LogP contribution in [0.4, 0.5) is 18.0 Å². The van der Waals surface area contributed by atoms with Gasteiger partial charge in [0.2, 0.25) is 0 Å². The third-order valence-electron chi connectivity index (χ3n) is 0.552. The van der Waals surface area contributed by atoms with Gasteiger partial charge in [0.1, 0.15) is 0 Å². The molecule has 0 aliphatic heterocycles. The van der Waals surface area contributed by atoms with Crippen molar-refractivity contribution in [2.75, 3.05) is 13.7 Å². The first-order valence-corrected chi connectivity index (χ1v) is 2.48. The van der Waals surface area contributed by atoms with E-state index < -0.39 is 18.9 Å². The van der Waals surface area contributed by atoms with Crippen molar-refractivity contribution in [3.8, 4) is 0 Å². The van der Waals surface area contributed by atoms with E-state index in [2.05, 4.69) is 9.57 Å². The van der Waals surface area contributed by atoms with E-state index in [4.69, 9.17) is 0 Å². The Morgan fingerprint density at radius 1 is 1.55 bits per heavy atom. The van der Waals surface area contributed by atoms with E-state index in [1.165, 1.54) is 0 Å². The first-order valence-electron chi connectivity index (χ1n) is 2.48. The summed E-state index contributed by atoms with van der Waals surface area (Å²) in [6.45, 7) is -1.62. The first kappa shape index (κ1) is 10.0. The molecular weight excluding hydrogens is 167 g/mol. The molecule has 0 aromatic heterocycles. The lowest BCUT2D eigenvalue weighted by atomic mass is 10.7. The van der Waals surface area contributed by atoms with Gasteiger partial charge in [-0.2, -0.15) is 18.7 Å². The summed E-state index contributed by atoms with van der Waals surface area (Å²) in [7, 11) is 1.08. The third-order valence-corrected chi connectivity index (χ3v) is 0.552. The highest BCUT2D eigenvalue weighted by atomic mass is 19.4. The number of hydrogen-bond donors (Lipinski definition) is 1. The lowest BCUT2D eigenvalue weighted by molar-refractivity contribution is -0.162. The van der Waals surface area contributed by atoms with Crippen LogP contribution in [0.5, 0.6) is 0 Å². The molecular formula is C4H6F3NO3. The van der Waals surface area contributed by atoms with Gasteiger partial charge in [-0.25, -0.2) is 4.79 Å². The minimum Gasteiger partial charge on any atom is -0.438 e. The molecule has 0 radical (unpaired) electrons. The van der Waals surface area contributed by atoms with Crippen LogP contribution < -0.4 is 5.48 Å². The van der Waals surface area contributed by atoms with Gasteiger partial charge in [0.25, 0.3) is 0 Å². The maximum atomic E-state index is 11.3. The number of halogens is 3. The monoisotopic (exact) mass is 173 g/mol. The van der Waals surface area contributed by atoms with E-state index in [0.29, 0.717) is 0 Å². The molecule has 0 spiro atoms. The molecule has 11 heavy (non-hydrogen) atoms. The maximum absolute atomic E-state index is 11.3. The Bertz CT molecular complexity index is 135. The number of ether oxygens (including phenoxy) is 1. The Morgan fingerprint density at radius 2 is 2.09 bits per heavy atom. The highest BCUT2D eigenvalue weighted by Crippen LogP contribution is 2.14. The van der Waals surface area contributed by atoms with Crippen LogP contribution in [0.3, 0.4) is 0 Å². The van der Waals surface area contributed by atoms with Crippen LogP contribution in [0.1, 0.15) is 0 Å². The smallest absolute Gasteiger partial charge is 0.431 e. The summed E-state index contributed by atoms with van der Waals surface area (Å²) in [4.78, 5) is 14.1. The van der Waals surface area contributed by atoms with Gasteiger partial charge in [-0.1, -0.05) is 0 Å². The van der Waals surface area contributed by atoms with Gasteiger partial charge in [0.15, 0.2) is 6.61 Å². The van der Waals surface area contributed by atoms with Crippen molar-refractivity contribution in [2.45, 2.75) is 6.18 Å². The Morgan fingerprint density at radius 3 is 2.45 bits per heavy atom. The van der Waals surface area contributed by atoms with Gasteiger partial charge in [-0.3, -0.25) is 4.84 Å². The number of nitrogens with one attached hydrogen (secondary N) is 1. The lowest BCUT2D eigenvalue weighted by Crippen LogP contribution is -2.28. The van der Waals surface area contributed by atoms with E-state index in [9.17, 15) is 18.0 Å². The average molecular weight is 173 g/mol. The first-order chi connectivity index (χ1) is 4.95. The second kappa shape index (κ2) is 4.02. The minimum atomic E-state index is -4.51. The quantitative estimate of drug-likeness (QED) is 0.629. The van der Waals surface area contributed by atoms with Crippen molar-refractivity contribution in [1.29, 1.82) is 0 Å². The van der Waals surface area contributed by atoms with Crippen LogP contribution in [0.25, 0.3) is 0 Å². The molecule has 4 nitrogen and oxygen atoms in total. The molecule has 0 saturated carbocycles. The lowest BCUT2D eigenvalue weighted by Gasteiger charge is -2.06. The molecule has 0 fully saturated rings. The van der Waals surface area contributed by atoms with Gasteiger partial charge in [-0.05, 0) is 0 Å². The predicted octanol–water partition coefficient (Wildman–Crippen LogP) is 0.836. The molecule has 0 bridgehead atoms. The molecule has 66 valence electrons. The summed E-state index contributed by atoms with van der Waals surface area (Å²) in [6, 6.07) is 0. The van der Waals surface area contributed by atoms with E-state index in [1.54, 1.807) is 5.48 Å². The largest absolute Gasteiger partial charge is 0.438 e. The number of hydrogen-bond acceptors (Lipinski definition) is 3. The molecule has 7 heteroatoms. The molecule has 0 aromatic rings. The van der Waals surface area contributed by atoms with Gasteiger partial charge in [0, 0.05) is 0 Å². The summed E-state index contributed by atoms with van der Waals surface area (Å²) in [5, 5.41) is 0. The Kier molecular flexibility index (Phi) is 3.66.